The molecule has 2 heterocycles. The highest BCUT2D eigenvalue weighted by molar-refractivity contribution is 5.87. The normalized spacial score (nSPS) is 10.8. The van der Waals surface area contributed by atoms with E-state index < -0.39 is 5.97 Å². The van der Waals surface area contributed by atoms with Crippen molar-refractivity contribution in [1.29, 1.82) is 0 Å². The van der Waals surface area contributed by atoms with Crippen molar-refractivity contribution in [3.05, 3.63) is 42.5 Å². The molecule has 0 aliphatic heterocycles. The van der Waals surface area contributed by atoms with Gasteiger partial charge in [0, 0.05) is 35.8 Å². The molecule has 0 saturated heterocycles. The molecule has 0 radical (unpaired) electrons. The number of pyridine rings is 1. The van der Waals surface area contributed by atoms with Gasteiger partial charge in [0.2, 0.25) is 0 Å². The van der Waals surface area contributed by atoms with E-state index in [1.807, 2.05) is 6.07 Å². The van der Waals surface area contributed by atoms with Crippen molar-refractivity contribution < 1.29 is 9.90 Å². The molecule has 0 saturated carbocycles. The number of carboxylic acids is 1. The predicted molar refractivity (Wildman–Crippen MR) is 58.5 cm³/mol. The second-order valence-electron chi connectivity index (χ2n) is 3.12. The summed E-state index contributed by atoms with van der Waals surface area (Å²) in [6, 6.07) is 1.81. The van der Waals surface area contributed by atoms with E-state index in [0.29, 0.717) is 0 Å². The minimum atomic E-state index is -0.984. The lowest BCUT2D eigenvalue weighted by Crippen LogP contribution is -1.88. The molecule has 0 atom stereocenters. The van der Waals surface area contributed by atoms with Crippen LogP contribution >= 0.6 is 0 Å². The third kappa shape index (κ3) is 2.14. The minimum Gasteiger partial charge on any atom is -0.478 e. The number of hydrogen-bond donors (Lipinski definition) is 2. The zero-order valence-corrected chi connectivity index (χ0v) is 8.29. The van der Waals surface area contributed by atoms with Gasteiger partial charge in [-0.25, -0.2) is 4.79 Å². The molecule has 2 rings (SSSR count). The molecule has 2 aromatic rings. The quantitative estimate of drug-likeness (QED) is 0.761. The molecule has 0 unspecified atom stereocenters. The van der Waals surface area contributed by atoms with Crippen LogP contribution in [-0.4, -0.2) is 26.3 Å². The monoisotopic (exact) mass is 215 g/mol. The number of hydrogen-bond acceptors (Lipinski definition) is 3. The maximum absolute atomic E-state index is 10.4. The van der Waals surface area contributed by atoms with Crippen LogP contribution in [0.5, 0.6) is 0 Å². The summed E-state index contributed by atoms with van der Waals surface area (Å²) >= 11 is 0. The zero-order chi connectivity index (χ0) is 11.4. The smallest absolute Gasteiger partial charge is 0.328 e. The van der Waals surface area contributed by atoms with E-state index in [1.54, 1.807) is 24.8 Å². The fourth-order valence-corrected chi connectivity index (χ4v) is 1.36. The number of nitrogens with zero attached hydrogens (tertiary/aromatic N) is 2. The molecular weight excluding hydrogens is 206 g/mol. The first-order valence-corrected chi connectivity index (χ1v) is 4.61. The van der Waals surface area contributed by atoms with Gasteiger partial charge < -0.3 is 5.11 Å². The molecule has 0 aliphatic rings. The highest BCUT2D eigenvalue weighted by atomic mass is 16.4. The lowest BCUT2D eigenvalue weighted by molar-refractivity contribution is -0.131. The summed E-state index contributed by atoms with van der Waals surface area (Å²) in [7, 11) is 0. The van der Waals surface area contributed by atoms with Crippen molar-refractivity contribution in [3.8, 4) is 11.1 Å². The zero-order valence-electron chi connectivity index (χ0n) is 8.29. The average Bonchev–Trinajstić information content (AvgIpc) is 2.80. The highest BCUT2D eigenvalue weighted by Gasteiger charge is 2.03. The number of H-pyrrole nitrogens is 1. The number of aliphatic carboxylic acids is 1. The van der Waals surface area contributed by atoms with Crippen LogP contribution in [0.2, 0.25) is 0 Å². The van der Waals surface area contributed by atoms with Gasteiger partial charge in [-0.1, -0.05) is 0 Å². The standard InChI is InChI=1S/C11H9N3O2/c15-11(16)2-1-8-5-12-4-3-10(8)9-6-13-14-7-9/h1-7H,(H,13,14)(H,15,16). The topological polar surface area (TPSA) is 78.9 Å². The molecule has 80 valence electrons. The molecule has 0 aliphatic carbocycles. The predicted octanol–water partition coefficient (Wildman–Crippen LogP) is 1.57. The van der Waals surface area contributed by atoms with E-state index in [0.717, 1.165) is 22.8 Å². The first-order valence-electron chi connectivity index (χ1n) is 4.61. The summed E-state index contributed by atoms with van der Waals surface area (Å²) in [6.07, 6.45) is 9.28. The Morgan fingerprint density at radius 3 is 3.00 bits per heavy atom. The van der Waals surface area contributed by atoms with Crippen LogP contribution in [-0.2, 0) is 4.79 Å². The average molecular weight is 215 g/mol. The van der Waals surface area contributed by atoms with Gasteiger partial charge in [0.1, 0.15) is 0 Å². The SMILES string of the molecule is O=C(O)C=Cc1cnccc1-c1cn[nH]c1. The molecule has 0 fully saturated rings. The van der Waals surface area contributed by atoms with Crippen LogP contribution in [0.1, 0.15) is 5.56 Å². The van der Waals surface area contributed by atoms with Gasteiger partial charge in [-0.15, -0.1) is 0 Å². The number of carboxylic acid groups (broad SMARTS) is 1. The number of rotatable bonds is 3. The van der Waals surface area contributed by atoms with Crippen molar-refractivity contribution in [2.24, 2.45) is 0 Å². The molecule has 16 heavy (non-hydrogen) atoms. The molecule has 2 aromatic heterocycles. The Hall–Kier alpha value is -2.43. The van der Waals surface area contributed by atoms with Crippen LogP contribution in [0.4, 0.5) is 0 Å². The van der Waals surface area contributed by atoms with Gasteiger partial charge in [0.25, 0.3) is 0 Å². The fraction of sp³-hybridized carbons (Fsp3) is 0. The third-order valence-corrected chi connectivity index (χ3v) is 2.07. The summed E-state index contributed by atoms with van der Waals surface area (Å²) < 4.78 is 0. The number of nitrogens with one attached hydrogen (secondary N) is 1. The van der Waals surface area contributed by atoms with Crippen molar-refractivity contribution in [3.63, 3.8) is 0 Å². The fourth-order valence-electron chi connectivity index (χ4n) is 1.36. The number of aromatic nitrogens is 3. The van der Waals surface area contributed by atoms with E-state index in [1.165, 1.54) is 6.08 Å². The summed E-state index contributed by atoms with van der Waals surface area (Å²) in [5.74, 6) is -0.984. The van der Waals surface area contributed by atoms with Crippen LogP contribution in [0.15, 0.2) is 36.9 Å². The second-order valence-corrected chi connectivity index (χ2v) is 3.12. The van der Waals surface area contributed by atoms with E-state index in [-0.39, 0.29) is 0 Å². The number of aromatic amines is 1. The molecule has 0 bridgehead atoms. The Balaban J connectivity index is 2.42. The Bertz CT molecular complexity index is 518. The van der Waals surface area contributed by atoms with Crippen LogP contribution in [0.25, 0.3) is 17.2 Å². The highest BCUT2D eigenvalue weighted by Crippen LogP contribution is 2.22. The minimum absolute atomic E-state index is 0.742. The maximum Gasteiger partial charge on any atom is 0.328 e. The molecular formula is C11H9N3O2. The van der Waals surface area contributed by atoms with Crippen LogP contribution < -0.4 is 0 Å². The Labute approximate surface area is 91.5 Å². The molecule has 5 heteroatoms. The lowest BCUT2D eigenvalue weighted by atomic mass is 10.1. The first-order chi connectivity index (χ1) is 7.77. The summed E-state index contributed by atoms with van der Waals surface area (Å²) in [6.45, 7) is 0. The van der Waals surface area contributed by atoms with Crippen molar-refractivity contribution >= 4 is 12.0 Å². The molecule has 2 N–H and O–H groups in total. The van der Waals surface area contributed by atoms with E-state index in [4.69, 9.17) is 5.11 Å². The third-order valence-electron chi connectivity index (χ3n) is 2.07. The number of carbonyl (C=O) groups is 1. The summed E-state index contributed by atoms with van der Waals surface area (Å²) in [5.41, 5.74) is 2.53. The van der Waals surface area contributed by atoms with Crippen LogP contribution in [0.3, 0.4) is 0 Å². The molecule has 0 aromatic carbocycles. The molecule has 0 spiro atoms. The molecule has 5 nitrogen and oxygen atoms in total. The largest absolute Gasteiger partial charge is 0.478 e. The van der Waals surface area contributed by atoms with Gasteiger partial charge in [0.15, 0.2) is 0 Å². The summed E-state index contributed by atoms with van der Waals surface area (Å²) in [5, 5.41) is 15.1. The van der Waals surface area contributed by atoms with E-state index >= 15 is 0 Å². The van der Waals surface area contributed by atoms with Gasteiger partial charge in [-0.05, 0) is 17.7 Å². The molecule has 0 amide bonds. The summed E-state index contributed by atoms with van der Waals surface area (Å²) in [4.78, 5) is 14.4. The second kappa shape index (κ2) is 4.39. The Morgan fingerprint density at radius 1 is 1.44 bits per heavy atom. The van der Waals surface area contributed by atoms with Crippen molar-refractivity contribution in [2.75, 3.05) is 0 Å². The van der Waals surface area contributed by atoms with Gasteiger partial charge in [-0.3, -0.25) is 10.1 Å². The van der Waals surface area contributed by atoms with E-state index in [2.05, 4.69) is 15.2 Å². The van der Waals surface area contributed by atoms with Gasteiger partial charge >= 0.3 is 5.97 Å². The maximum atomic E-state index is 10.4. The van der Waals surface area contributed by atoms with E-state index in [9.17, 15) is 4.79 Å². The van der Waals surface area contributed by atoms with Gasteiger partial charge in [-0.2, -0.15) is 5.10 Å². The van der Waals surface area contributed by atoms with Crippen molar-refractivity contribution in [2.45, 2.75) is 0 Å². The van der Waals surface area contributed by atoms with Crippen LogP contribution in [0, 0.1) is 0 Å². The first kappa shape index (κ1) is 10.1. The Morgan fingerprint density at radius 2 is 2.31 bits per heavy atom. The van der Waals surface area contributed by atoms with Gasteiger partial charge in [0.05, 0.1) is 6.20 Å². The lowest BCUT2D eigenvalue weighted by Gasteiger charge is -2.01. The Kier molecular flexibility index (Phi) is 2.77. The van der Waals surface area contributed by atoms with Crippen molar-refractivity contribution in [1.82, 2.24) is 15.2 Å².